The van der Waals surface area contributed by atoms with Crippen LogP contribution in [0.4, 0.5) is 0 Å². The third kappa shape index (κ3) is 4.43. The van der Waals surface area contributed by atoms with Gasteiger partial charge in [-0.05, 0) is 47.2 Å². The highest BCUT2D eigenvalue weighted by molar-refractivity contribution is 9.10. The lowest BCUT2D eigenvalue weighted by Gasteiger charge is -2.19. The Kier molecular flexibility index (Phi) is 5.42. The highest BCUT2D eigenvalue weighted by Crippen LogP contribution is 2.24. The number of halogens is 1. The largest absolute Gasteiger partial charge is 0.484 e. The van der Waals surface area contributed by atoms with Crippen molar-refractivity contribution in [2.75, 3.05) is 13.2 Å². The summed E-state index contributed by atoms with van der Waals surface area (Å²) in [4.78, 5) is 13.9. The standard InChI is InChI=1S/C20H16BrNO3/c1-2-9-22(13-19-4-3-10-24-19)20(23)14-25-18-8-6-15-11-17(21)7-5-16(15)12-18/h1,3-8,10-12H,9,13-14H2. The van der Waals surface area contributed by atoms with E-state index in [-0.39, 0.29) is 19.1 Å². The number of rotatable bonds is 6. The molecule has 25 heavy (non-hydrogen) atoms. The zero-order valence-electron chi connectivity index (χ0n) is 13.4. The summed E-state index contributed by atoms with van der Waals surface area (Å²) >= 11 is 3.45. The van der Waals surface area contributed by atoms with E-state index >= 15 is 0 Å². The number of benzene rings is 2. The number of amides is 1. The molecule has 0 bridgehead atoms. The minimum Gasteiger partial charge on any atom is -0.484 e. The molecule has 1 aromatic heterocycles. The Morgan fingerprint density at radius 1 is 1.20 bits per heavy atom. The van der Waals surface area contributed by atoms with Gasteiger partial charge in [0.1, 0.15) is 11.5 Å². The maximum absolute atomic E-state index is 12.4. The molecule has 0 unspecified atom stereocenters. The molecule has 0 N–H and O–H groups in total. The zero-order chi connectivity index (χ0) is 17.6. The van der Waals surface area contributed by atoms with E-state index in [4.69, 9.17) is 15.6 Å². The Hall–Kier alpha value is -2.71. The average molecular weight is 398 g/mol. The van der Waals surface area contributed by atoms with Crippen molar-refractivity contribution in [1.82, 2.24) is 4.90 Å². The molecule has 0 saturated carbocycles. The second-order valence-corrected chi connectivity index (χ2v) is 6.39. The first-order valence-corrected chi connectivity index (χ1v) is 8.51. The van der Waals surface area contributed by atoms with Gasteiger partial charge in [-0.25, -0.2) is 0 Å². The normalized spacial score (nSPS) is 10.4. The molecule has 0 atom stereocenters. The summed E-state index contributed by atoms with van der Waals surface area (Å²) in [6, 6.07) is 15.3. The van der Waals surface area contributed by atoms with E-state index in [2.05, 4.69) is 21.9 Å². The van der Waals surface area contributed by atoms with Gasteiger partial charge in [0, 0.05) is 4.47 Å². The molecule has 0 spiro atoms. The molecule has 3 aromatic rings. The summed E-state index contributed by atoms with van der Waals surface area (Å²) in [5.41, 5.74) is 0. The number of nitrogens with zero attached hydrogens (tertiary/aromatic N) is 1. The Morgan fingerprint density at radius 2 is 2.00 bits per heavy atom. The van der Waals surface area contributed by atoms with Crippen molar-refractivity contribution in [3.8, 4) is 18.1 Å². The minimum absolute atomic E-state index is 0.0789. The Morgan fingerprint density at radius 3 is 2.76 bits per heavy atom. The van der Waals surface area contributed by atoms with Gasteiger partial charge in [0.05, 0.1) is 19.4 Å². The quantitative estimate of drug-likeness (QED) is 0.584. The van der Waals surface area contributed by atoms with Crippen LogP contribution in [0.2, 0.25) is 0 Å². The highest BCUT2D eigenvalue weighted by Gasteiger charge is 2.15. The van der Waals surface area contributed by atoms with Gasteiger partial charge in [-0.2, -0.15) is 0 Å². The fourth-order valence-electron chi connectivity index (χ4n) is 2.45. The molecular weight excluding hydrogens is 382 g/mol. The number of terminal acetylenes is 1. The summed E-state index contributed by atoms with van der Waals surface area (Å²) in [5, 5.41) is 2.14. The molecule has 0 aliphatic heterocycles. The summed E-state index contributed by atoms with van der Waals surface area (Å²) in [6.07, 6.45) is 6.93. The second kappa shape index (κ2) is 7.91. The van der Waals surface area contributed by atoms with E-state index < -0.39 is 0 Å². The fraction of sp³-hybridized carbons (Fsp3) is 0.150. The van der Waals surface area contributed by atoms with Gasteiger partial charge < -0.3 is 14.1 Å². The van der Waals surface area contributed by atoms with Crippen molar-refractivity contribution < 1.29 is 13.9 Å². The van der Waals surface area contributed by atoms with Gasteiger partial charge in [0.25, 0.3) is 5.91 Å². The molecule has 2 aromatic carbocycles. The zero-order valence-corrected chi connectivity index (χ0v) is 15.0. The number of ether oxygens (including phenoxy) is 1. The number of fused-ring (bicyclic) bond motifs is 1. The summed E-state index contributed by atoms with van der Waals surface area (Å²) < 4.78 is 11.9. The van der Waals surface area contributed by atoms with Gasteiger partial charge in [-0.1, -0.05) is 34.0 Å². The van der Waals surface area contributed by atoms with E-state index in [0.29, 0.717) is 18.1 Å². The number of hydrogen-bond donors (Lipinski definition) is 0. The molecule has 0 fully saturated rings. The molecule has 0 aliphatic carbocycles. The van der Waals surface area contributed by atoms with Crippen molar-refractivity contribution in [2.45, 2.75) is 6.54 Å². The second-order valence-electron chi connectivity index (χ2n) is 5.48. The van der Waals surface area contributed by atoms with E-state index in [1.54, 1.807) is 18.4 Å². The van der Waals surface area contributed by atoms with E-state index in [0.717, 1.165) is 15.2 Å². The van der Waals surface area contributed by atoms with Gasteiger partial charge in [0.2, 0.25) is 0 Å². The van der Waals surface area contributed by atoms with Crippen molar-refractivity contribution >= 4 is 32.6 Å². The smallest absolute Gasteiger partial charge is 0.261 e. The van der Waals surface area contributed by atoms with Crippen LogP contribution in [0.5, 0.6) is 5.75 Å². The lowest BCUT2D eigenvalue weighted by atomic mass is 10.1. The summed E-state index contributed by atoms with van der Waals surface area (Å²) in [5.74, 6) is 3.62. The molecular formula is C20H16BrNO3. The Balaban J connectivity index is 1.65. The lowest BCUT2D eigenvalue weighted by molar-refractivity contribution is -0.133. The fourth-order valence-corrected chi connectivity index (χ4v) is 2.83. The third-order valence-electron chi connectivity index (χ3n) is 3.70. The topological polar surface area (TPSA) is 42.7 Å². The molecule has 1 amide bonds. The number of carbonyl (C=O) groups excluding carboxylic acids is 1. The van der Waals surface area contributed by atoms with E-state index in [9.17, 15) is 4.79 Å². The van der Waals surface area contributed by atoms with Gasteiger partial charge >= 0.3 is 0 Å². The van der Waals surface area contributed by atoms with Crippen LogP contribution in [-0.4, -0.2) is 24.0 Å². The van der Waals surface area contributed by atoms with E-state index in [1.807, 2.05) is 36.4 Å². The summed E-state index contributed by atoms with van der Waals surface area (Å²) in [6.45, 7) is 0.449. The minimum atomic E-state index is -0.190. The van der Waals surface area contributed by atoms with Crippen molar-refractivity contribution in [2.24, 2.45) is 0 Å². The molecule has 0 radical (unpaired) electrons. The van der Waals surface area contributed by atoms with Crippen LogP contribution < -0.4 is 4.74 Å². The first-order valence-electron chi connectivity index (χ1n) is 7.71. The van der Waals surface area contributed by atoms with Crippen molar-refractivity contribution in [1.29, 1.82) is 0 Å². The molecule has 5 heteroatoms. The Labute approximate surface area is 154 Å². The molecule has 0 saturated heterocycles. The summed E-state index contributed by atoms with van der Waals surface area (Å²) in [7, 11) is 0. The molecule has 0 aliphatic rings. The average Bonchev–Trinajstić information content (AvgIpc) is 3.12. The SMILES string of the molecule is C#CCN(Cc1ccco1)C(=O)COc1ccc2cc(Br)ccc2c1. The van der Waals surface area contributed by atoms with Gasteiger partial charge in [0.15, 0.2) is 6.61 Å². The predicted molar refractivity (Wildman–Crippen MR) is 100 cm³/mol. The lowest BCUT2D eigenvalue weighted by Crippen LogP contribution is -2.34. The highest BCUT2D eigenvalue weighted by atomic mass is 79.9. The van der Waals surface area contributed by atoms with Crippen molar-refractivity contribution in [3.63, 3.8) is 0 Å². The van der Waals surface area contributed by atoms with Gasteiger partial charge in [-0.15, -0.1) is 6.42 Å². The number of furan rings is 1. The maximum Gasteiger partial charge on any atom is 0.261 e. The molecule has 3 rings (SSSR count). The number of hydrogen-bond acceptors (Lipinski definition) is 3. The first kappa shape index (κ1) is 17.1. The Bertz CT molecular complexity index is 912. The monoisotopic (exact) mass is 397 g/mol. The van der Waals surface area contributed by atoms with Crippen LogP contribution in [0.25, 0.3) is 10.8 Å². The maximum atomic E-state index is 12.4. The van der Waals surface area contributed by atoms with Crippen LogP contribution in [0.1, 0.15) is 5.76 Å². The molecule has 4 nitrogen and oxygen atoms in total. The molecule has 126 valence electrons. The van der Waals surface area contributed by atoms with E-state index in [1.165, 1.54) is 4.90 Å². The van der Waals surface area contributed by atoms with Crippen LogP contribution in [0, 0.1) is 12.3 Å². The number of carbonyl (C=O) groups is 1. The van der Waals surface area contributed by atoms with Crippen molar-refractivity contribution in [3.05, 3.63) is 65.0 Å². The van der Waals surface area contributed by atoms with Gasteiger partial charge in [-0.3, -0.25) is 4.79 Å². The third-order valence-corrected chi connectivity index (χ3v) is 4.19. The predicted octanol–water partition coefficient (Wildman–Crippen LogP) is 4.24. The van der Waals surface area contributed by atoms with Crippen LogP contribution >= 0.6 is 15.9 Å². The molecule has 1 heterocycles. The van der Waals surface area contributed by atoms with Crippen LogP contribution in [-0.2, 0) is 11.3 Å². The first-order chi connectivity index (χ1) is 12.2. The van der Waals surface area contributed by atoms with Crippen LogP contribution in [0.3, 0.4) is 0 Å². The van der Waals surface area contributed by atoms with Crippen LogP contribution in [0.15, 0.2) is 63.7 Å².